The van der Waals surface area contributed by atoms with Crippen LogP contribution in [0.4, 0.5) is 0 Å². The number of hydrogen-bond donors (Lipinski definition) is 2. The first-order chi connectivity index (χ1) is 13.8. The molecule has 0 bridgehead atoms. The lowest BCUT2D eigenvalue weighted by Gasteiger charge is -2.13. The number of para-hydroxylation sites is 1. The summed E-state index contributed by atoms with van der Waals surface area (Å²) in [6, 6.07) is 10.1. The molecule has 0 aliphatic rings. The molecule has 2 rings (SSSR count). The molecule has 1 heterocycles. The van der Waals surface area contributed by atoms with Crippen molar-refractivity contribution in [2.45, 2.75) is 27.3 Å². The third kappa shape index (κ3) is 7.86. The molecule has 0 saturated carbocycles. The number of aliphatic imine (C=N–C) groups is 1. The second kappa shape index (κ2) is 11.0. The van der Waals surface area contributed by atoms with Crippen molar-refractivity contribution in [1.29, 1.82) is 0 Å². The molecule has 0 aliphatic heterocycles. The summed E-state index contributed by atoms with van der Waals surface area (Å²) in [7, 11) is -2.99. The SMILES string of the molecule is CCNC(=NCc1ccccc1-n1nc(C)cc1C)NCCOCCS(C)(=O)=O. The monoisotopic (exact) mass is 421 g/mol. The Morgan fingerprint density at radius 1 is 1.21 bits per heavy atom. The smallest absolute Gasteiger partial charge is 0.191 e. The number of guanidine groups is 1. The van der Waals surface area contributed by atoms with E-state index in [0.29, 0.717) is 25.7 Å². The highest BCUT2D eigenvalue weighted by molar-refractivity contribution is 7.90. The third-order valence-corrected chi connectivity index (χ3v) is 5.03. The quantitative estimate of drug-likeness (QED) is 0.344. The summed E-state index contributed by atoms with van der Waals surface area (Å²) < 4.78 is 29.5. The topological polar surface area (TPSA) is 97.6 Å². The van der Waals surface area contributed by atoms with Crippen LogP contribution in [0.5, 0.6) is 0 Å². The van der Waals surface area contributed by atoms with Gasteiger partial charge in [-0.25, -0.2) is 18.1 Å². The van der Waals surface area contributed by atoms with Crippen molar-refractivity contribution in [2.24, 2.45) is 4.99 Å². The van der Waals surface area contributed by atoms with Gasteiger partial charge in [-0.05, 0) is 38.5 Å². The van der Waals surface area contributed by atoms with Crippen LogP contribution in [0.15, 0.2) is 35.3 Å². The number of rotatable bonds is 10. The zero-order valence-electron chi connectivity index (χ0n) is 17.6. The first-order valence-electron chi connectivity index (χ1n) is 9.69. The van der Waals surface area contributed by atoms with Crippen molar-refractivity contribution in [3.63, 3.8) is 0 Å². The van der Waals surface area contributed by atoms with Gasteiger partial charge in [-0.1, -0.05) is 18.2 Å². The molecule has 2 N–H and O–H groups in total. The van der Waals surface area contributed by atoms with Gasteiger partial charge in [0.2, 0.25) is 0 Å². The molecule has 0 spiro atoms. The lowest BCUT2D eigenvalue weighted by molar-refractivity contribution is 0.154. The molecule has 0 radical (unpaired) electrons. The van der Waals surface area contributed by atoms with Crippen LogP contribution >= 0.6 is 0 Å². The highest BCUT2D eigenvalue weighted by Crippen LogP contribution is 2.17. The molecule has 29 heavy (non-hydrogen) atoms. The Hall–Kier alpha value is -2.39. The molecule has 0 atom stereocenters. The number of aryl methyl sites for hydroxylation is 2. The molecule has 0 unspecified atom stereocenters. The summed E-state index contributed by atoms with van der Waals surface area (Å²) >= 11 is 0. The Bertz CT molecular complexity index is 922. The molecule has 1 aromatic heterocycles. The normalized spacial score (nSPS) is 12.2. The van der Waals surface area contributed by atoms with E-state index < -0.39 is 9.84 Å². The van der Waals surface area contributed by atoms with Crippen LogP contribution in [0.3, 0.4) is 0 Å². The fourth-order valence-electron chi connectivity index (χ4n) is 2.78. The number of ether oxygens (including phenoxy) is 1. The van der Waals surface area contributed by atoms with E-state index in [1.165, 1.54) is 6.26 Å². The van der Waals surface area contributed by atoms with Crippen LogP contribution in [0, 0.1) is 13.8 Å². The highest BCUT2D eigenvalue weighted by atomic mass is 32.2. The van der Waals surface area contributed by atoms with Gasteiger partial charge in [0.05, 0.1) is 36.9 Å². The molecule has 8 nitrogen and oxygen atoms in total. The lowest BCUT2D eigenvalue weighted by atomic mass is 10.2. The van der Waals surface area contributed by atoms with E-state index in [-0.39, 0.29) is 12.4 Å². The first-order valence-corrected chi connectivity index (χ1v) is 11.8. The minimum atomic E-state index is -2.99. The van der Waals surface area contributed by atoms with Crippen LogP contribution in [-0.4, -0.2) is 62.5 Å². The maximum absolute atomic E-state index is 11.1. The molecule has 160 valence electrons. The molecule has 0 amide bonds. The number of benzene rings is 1. The van der Waals surface area contributed by atoms with Crippen LogP contribution in [0.2, 0.25) is 0 Å². The van der Waals surface area contributed by atoms with Crippen LogP contribution < -0.4 is 10.6 Å². The van der Waals surface area contributed by atoms with Gasteiger partial charge in [0.15, 0.2) is 5.96 Å². The molecule has 0 aliphatic carbocycles. The Balaban J connectivity index is 1.97. The van der Waals surface area contributed by atoms with E-state index in [2.05, 4.69) is 26.8 Å². The van der Waals surface area contributed by atoms with Gasteiger partial charge in [-0.3, -0.25) is 0 Å². The number of nitrogens with one attached hydrogen (secondary N) is 2. The van der Waals surface area contributed by atoms with E-state index in [1.54, 1.807) is 0 Å². The van der Waals surface area contributed by atoms with Crippen LogP contribution in [0.25, 0.3) is 5.69 Å². The minimum absolute atomic E-state index is 0.0320. The fraction of sp³-hybridized carbons (Fsp3) is 0.500. The standard InChI is InChI=1S/C20H31N5O3S/c1-5-21-20(22-10-11-28-12-13-29(4,26)27)23-15-18-8-6-7-9-19(18)25-17(3)14-16(2)24-25/h6-9,14H,5,10-13,15H2,1-4H3,(H2,21,22,23). The largest absolute Gasteiger partial charge is 0.379 e. The Morgan fingerprint density at radius 2 is 1.97 bits per heavy atom. The van der Waals surface area contributed by atoms with Gasteiger partial charge in [-0.15, -0.1) is 0 Å². The van der Waals surface area contributed by atoms with Crippen molar-refractivity contribution >= 4 is 15.8 Å². The molecule has 2 aromatic rings. The fourth-order valence-corrected chi connectivity index (χ4v) is 3.20. The summed E-state index contributed by atoms with van der Waals surface area (Å²) in [5, 5.41) is 11.0. The number of aromatic nitrogens is 2. The van der Waals surface area contributed by atoms with Crippen molar-refractivity contribution in [1.82, 2.24) is 20.4 Å². The Kier molecular flexibility index (Phi) is 8.66. The van der Waals surface area contributed by atoms with E-state index >= 15 is 0 Å². The zero-order valence-corrected chi connectivity index (χ0v) is 18.4. The Labute approximate surface area is 173 Å². The van der Waals surface area contributed by atoms with Crippen molar-refractivity contribution < 1.29 is 13.2 Å². The average molecular weight is 422 g/mol. The minimum Gasteiger partial charge on any atom is -0.379 e. The molecule has 0 fully saturated rings. The van der Waals surface area contributed by atoms with Crippen molar-refractivity contribution in [3.8, 4) is 5.69 Å². The molecule has 0 saturated heterocycles. The van der Waals surface area contributed by atoms with Crippen LogP contribution in [-0.2, 0) is 21.1 Å². The predicted molar refractivity (Wildman–Crippen MR) is 116 cm³/mol. The van der Waals surface area contributed by atoms with Gasteiger partial charge in [0.1, 0.15) is 9.84 Å². The lowest BCUT2D eigenvalue weighted by Crippen LogP contribution is -2.39. The van der Waals surface area contributed by atoms with Gasteiger partial charge in [-0.2, -0.15) is 5.10 Å². The number of hydrogen-bond acceptors (Lipinski definition) is 5. The van der Waals surface area contributed by atoms with Crippen molar-refractivity contribution in [2.75, 3.05) is 38.3 Å². The summed E-state index contributed by atoms with van der Waals surface area (Å²) in [4.78, 5) is 4.67. The number of nitrogens with zero attached hydrogens (tertiary/aromatic N) is 3. The predicted octanol–water partition coefficient (Wildman–Crippen LogP) is 1.61. The summed E-state index contributed by atoms with van der Waals surface area (Å²) in [6.45, 7) is 8.40. The first kappa shape index (κ1) is 22.9. The second-order valence-corrected chi connectivity index (χ2v) is 9.09. The maximum atomic E-state index is 11.1. The molecular weight excluding hydrogens is 390 g/mol. The van der Waals surface area contributed by atoms with Crippen molar-refractivity contribution in [3.05, 3.63) is 47.3 Å². The van der Waals surface area contributed by atoms with E-state index in [9.17, 15) is 8.42 Å². The van der Waals surface area contributed by atoms with Crippen LogP contribution in [0.1, 0.15) is 23.9 Å². The maximum Gasteiger partial charge on any atom is 0.191 e. The zero-order chi connectivity index (χ0) is 21.3. The Morgan fingerprint density at radius 3 is 2.62 bits per heavy atom. The molecule has 1 aromatic carbocycles. The molecular formula is C20H31N5O3S. The third-order valence-electron chi connectivity index (χ3n) is 4.12. The summed E-state index contributed by atoms with van der Waals surface area (Å²) in [5.41, 5.74) is 4.14. The van der Waals surface area contributed by atoms with E-state index in [0.717, 1.165) is 29.2 Å². The van der Waals surface area contributed by atoms with Gasteiger partial charge >= 0.3 is 0 Å². The van der Waals surface area contributed by atoms with E-state index in [1.807, 2.05) is 49.7 Å². The highest BCUT2D eigenvalue weighted by Gasteiger charge is 2.09. The van der Waals surface area contributed by atoms with Gasteiger partial charge in [0, 0.05) is 25.0 Å². The summed E-state index contributed by atoms with van der Waals surface area (Å²) in [6.07, 6.45) is 1.20. The van der Waals surface area contributed by atoms with Gasteiger partial charge < -0.3 is 15.4 Å². The second-order valence-electron chi connectivity index (χ2n) is 6.83. The summed E-state index contributed by atoms with van der Waals surface area (Å²) in [5.74, 6) is 0.715. The molecule has 9 heteroatoms. The number of sulfone groups is 1. The average Bonchev–Trinajstić information content (AvgIpc) is 2.99. The van der Waals surface area contributed by atoms with E-state index in [4.69, 9.17) is 4.74 Å². The van der Waals surface area contributed by atoms with Gasteiger partial charge in [0.25, 0.3) is 0 Å².